The van der Waals surface area contributed by atoms with Gasteiger partial charge in [-0.2, -0.15) is 8.78 Å². The predicted octanol–water partition coefficient (Wildman–Crippen LogP) is 2.42. The summed E-state index contributed by atoms with van der Waals surface area (Å²) in [6, 6.07) is 0. The minimum atomic E-state index is -4.08. The van der Waals surface area contributed by atoms with Crippen molar-refractivity contribution in [1.29, 1.82) is 0 Å². The molecule has 1 aliphatic carbocycles. The van der Waals surface area contributed by atoms with Gasteiger partial charge >= 0.3 is 12.3 Å². The van der Waals surface area contributed by atoms with Gasteiger partial charge in [0.15, 0.2) is 0 Å². The Kier molecular flexibility index (Phi) is 4.17. The van der Waals surface area contributed by atoms with Crippen LogP contribution in [0.5, 0.6) is 0 Å². The molecule has 0 bridgehead atoms. The number of hydrogen-bond acceptors (Lipinski definition) is 2. The molecule has 0 heterocycles. The first-order valence-corrected chi connectivity index (χ1v) is 5.34. The second-order valence-corrected chi connectivity index (χ2v) is 4.48. The van der Waals surface area contributed by atoms with Gasteiger partial charge < -0.3 is 10.5 Å². The van der Waals surface area contributed by atoms with Crippen LogP contribution in [-0.2, 0) is 4.74 Å². The minimum absolute atomic E-state index is 0.0695. The van der Waals surface area contributed by atoms with Crippen LogP contribution in [0, 0.1) is 5.92 Å². The van der Waals surface area contributed by atoms with Gasteiger partial charge in [-0.25, -0.2) is 8.78 Å². The Morgan fingerprint density at radius 2 is 2.12 bits per heavy atom. The molecule has 0 amide bonds. The Morgan fingerprint density at radius 1 is 1.50 bits per heavy atom. The van der Waals surface area contributed by atoms with Gasteiger partial charge in [-0.15, -0.1) is 0 Å². The van der Waals surface area contributed by atoms with Gasteiger partial charge in [-0.1, -0.05) is 13.3 Å². The molecule has 96 valence electrons. The summed E-state index contributed by atoms with van der Waals surface area (Å²) in [5.41, 5.74) is 5.25. The van der Waals surface area contributed by atoms with Gasteiger partial charge in [0.2, 0.25) is 0 Å². The highest BCUT2D eigenvalue weighted by atomic mass is 19.3. The number of nitrogens with two attached hydrogens (primary N) is 1. The van der Waals surface area contributed by atoms with E-state index in [0.29, 0.717) is 0 Å². The lowest BCUT2D eigenvalue weighted by Crippen LogP contribution is -2.37. The normalized spacial score (nSPS) is 29.8. The minimum Gasteiger partial charge on any atom is -0.373 e. The third-order valence-corrected chi connectivity index (χ3v) is 2.90. The molecule has 0 saturated heterocycles. The van der Waals surface area contributed by atoms with E-state index in [1.165, 1.54) is 0 Å². The maximum Gasteiger partial charge on any atom is 0.330 e. The lowest BCUT2D eigenvalue weighted by atomic mass is 10.1. The first-order valence-electron chi connectivity index (χ1n) is 5.34. The van der Waals surface area contributed by atoms with E-state index < -0.39 is 24.5 Å². The fourth-order valence-corrected chi connectivity index (χ4v) is 1.75. The van der Waals surface area contributed by atoms with Crippen molar-refractivity contribution in [2.75, 3.05) is 13.2 Å². The van der Waals surface area contributed by atoms with E-state index in [9.17, 15) is 17.6 Å². The van der Waals surface area contributed by atoms with Crippen molar-refractivity contribution in [3.63, 3.8) is 0 Å². The van der Waals surface area contributed by atoms with E-state index in [1.807, 2.05) is 6.92 Å². The van der Waals surface area contributed by atoms with E-state index in [0.717, 1.165) is 19.3 Å². The molecule has 2 unspecified atom stereocenters. The van der Waals surface area contributed by atoms with Crippen LogP contribution in [0.2, 0.25) is 0 Å². The number of hydrogen-bond donors (Lipinski definition) is 1. The van der Waals surface area contributed by atoms with Crippen LogP contribution in [0.25, 0.3) is 0 Å². The Labute approximate surface area is 92.1 Å². The Balaban J connectivity index is 2.22. The van der Waals surface area contributed by atoms with Crippen LogP contribution in [0.4, 0.5) is 17.6 Å². The van der Waals surface area contributed by atoms with E-state index >= 15 is 0 Å². The molecule has 6 heteroatoms. The lowest BCUT2D eigenvalue weighted by molar-refractivity contribution is -0.167. The van der Waals surface area contributed by atoms with Gasteiger partial charge in [0.25, 0.3) is 0 Å². The third-order valence-electron chi connectivity index (χ3n) is 2.90. The van der Waals surface area contributed by atoms with E-state index in [1.54, 1.807) is 0 Å². The van der Waals surface area contributed by atoms with Gasteiger partial charge in [0.1, 0.15) is 6.61 Å². The fraction of sp³-hybridized carbons (Fsp3) is 1.00. The zero-order chi connectivity index (χ0) is 12.4. The standard InChI is InChI=1S/C10H17F4NO/c1-2-3-7-4-9(7,15)5-16-6-10(13,14)8(11)12/h7-8H,2-6,15H2,1H3. The zero-order valence-corrected chi connectivity index (χ0v) is 9.19. The Morgan fingerprint density at radius 3 is 2.62 bits per heavy atom. The molecule has 2 N–H and O–H groups in total. The maximum atomic E-state index is 12.5. The second kappa shape index (κ2) is 4.87. The fourth-order valence-electron chi connectivity index (χ4n) is 1.75. The van der Waals surface area contributed by atoms with Gasteiger partial charge in [0, 0.05) is 5.54 Å². The van der Waals surface area contributed by atoms with Crippen molar-refractivity contribution in [2.24, 2.45) is 11.7 Å². The molecule has 2 atom stereocenters. The monoisotopic (exact) mass is 243 g/mol. The van der Waals surface area contributed by atoms with Gasteiger partial charge in [0.05, 0.1) is 6.61 Å². The van der Waals surface area contributed by atoms with Gasteiger partial charge in [-0.05, 0) is 18.8 Å². The molecule has 0 aliphatic heterocycles. The first kappa shape index (κ1) is 13.7. The van der Waals surface area contributed by atoms with Crippen LogP contribution in [0.15, 0.2) is 0 Å². The number of alkyl halides is 4. The average molecular weight is 243 g/mol. The third kappa shape index (κ3) is 3.31. The van der Waals surface area contributed by atoms with Crippen molar-refractivity contribution in [3.8, 4) is 0 Å². The molecule has 0 radical (unpaired) electrons. The first-order chi connectivity index (χ1) is 7.32. The molecule has 0 aromatic rings. The summed E-state index contributed by atoms with van der Waals surface area (Å²) in [5, 5.41) is 0. The molecule has 16 heavy (non-hydrogen) atoms. The molecule has 0 aromatic heterocycles. The molecule has 1 aliphatic rings. The summed E-state index contributed by atoms with van der Waals surface area (Å²) in [6.45, 7) is 0.674. The van der Waals surface area contributed by atoms with Crippen molar-refractivity contribution < 1.29 is 22.3 Å². The summed E-state index contributed by atoms with van der Waals surface area (Å²) in [4.78, 5) is 0. The molecular weight excluding hydrogens is 226 g/mol. The van der Waals surface area contributed by atoms with Crippen LogP contribution >= 0.6 is 0 Å². The Bertz CT molecular complexity index is 237. The van der Waals surface area contributed by atoms with Crippen molar-refractivity contribution in [1.82, 2.24) is 0 Å². The second-order valence-electron chi connectivity index (χ2n) is 4.48. The quantitative estimate of drug-likeness (QED) is 0.697. The maximum absolute atomic E-state index is 12.5. The summed E-state index contributed by atoms with van der Waals surface area (Å²) in [7, 11) is 0. The highest BCUT2D eigenvalue weighted by Crippen LogP contribution is 2.44. The molecule has 1 rings (SSSR count). The number of rotatable bonds is 7. The Hall–Kier alpha value is -0.360. The molecular formula is C10H17F4NO. The molecule has 0 spiro atoms. The van der Waals surface area contributed by atoms with Crippen LogP contribution in [-0.4, -0.2) is 31.1 Å². The van der Waals surface area contributed by atoms with Crippen molar-refractivity contribution in [3.05, 3.63) is 0 Å². The smallest absolute Gasteiger partial charge is 0.330 e. The van der Waals surface area contributed by atoms with Crippen LogP contribution in [0.1, 0.15) is 26.2 Å². The molecule has 1 saturated carbocycles. The topological polar surface area (TPSA) is 35.2 Å². The summed E-state index contributed by atoms with van der Waals surface area (Å²) in [6.07, 6.45) is -1.07. The van der Waals surface area contributed by atoms with E-state index in [2.05, 4.69) is 4.74 Å². The SMILES string of the molecule is CCCC1CC1(N)COCC(F)(F)C(F)F. The summed E-state index contributed by atoms with van der Waals surface area (Å²) in [5.74, 6) is -3.80. The molecule has 0 aromatic carbocycles. The summed E-state index contributed by atoms with van der Waals surface area (Å²) >= 11 is 0. The molecule has 2 nitrogen and oxygen atoms in total. The number of ether oxygens (including phenoxy) is 1. The number of halogens is 4. The van der Waals surface area contributed by atoms with Crippen LogP contribution < -0.4 is 5.73 Å². The average Bonchev–Trinajstić information content (AvgIpc) is 2.77. The van der Waals surface area contributed by atoms with Crippen LogP contribution in [0.3, 0.4) is 0 Å². The molecule has 1 fully saturated rings. The highest BCUT2D eigenvalue weighted by Gasteiger charge is 2.51. The van der Waals surface area contributed by atoms with Gasteiger partial charge in [-0.3, -0.25) is 0 Å². The van der Waals surface area contributed by atoms with Crippen molar-refractivity contribution >= 4 is 0 Å². The lowest BCUT2D eigenvalue weighted by Gasteiger charge is -2.17. The zero-order valence-electron chi connectivity index (χ0n) is 9.19. The largest absolute Gasteiger partial charge is 0.373 e. The van der Waals surface area contributed by atoms with Crippen molar-refractivity contribution in [2.45, 2.75) is 44.1 Å². The van der Waals surface area contributed by atoms with E-state index in [-0.39, 0.29) is 12.5 Å². The van der Waals surface area contributed by atoms with E-state index in [4.69, 9.17) is 5.73 Å². The highest BCUT2D eigenvalue weighted by molar-refractivity contribution is 5.07. The predicted molar refractivity (Wildman–Crippen MR) is 51.7 cm³/mol. The summed E-state index contributed by atoms with van der Waals surface area (Å²) < 4.78 is 53.1.